The molecule has 3 rings (SSSR count). The van der Waals surface area contributed by atoms with Crippen LogP contribution in [0.4, 0.5) is 11.5 Å². The second-order valence-electron chi connectivity index (χ2n) is 6.28. The van der Waals surface area contributed by atoms with Crippen LogP contribution in [0, 0.1) is 6.92 Å². The highest BCUT2D eigenvalue weighted by Crippen LogP contribution is 2.23. The Hall–Kier alpha value is -2.43. The highest BCUT2D eigenvalue weighted by Gasteiger charge is 2.27. The normalized spacial score (nSPS) is 17.6. The molecule has 1 aliphatic rings. The molecular weight excluding hydrogens is 300 g/mol. The van der Waals surface area contributed by atoms with Crippen molar-refractivity contribution in [3.05, 3.63) is 47.9 Å². The van der Waals surface area contributed by atoms with Crippen LogP contribution in [0.25, 0.3) is 0 Å². The van der Waals surface area contributed by atoms with Gasteiger partial charge in [-0.2, -0.15) is 0 Å². The summed E-state index contributed by atoms with van der Waals surface area (Å²) in [4.78, 5) is 23.3. The Morgan fingerprint density at radius 2 is 2.12 bits per heavy atom. The number of nitrogens with zero attached hydrogens (tertiary/aromatic N) is 3. The molecule has 1 N–H and O–H groups in total. The summed E-state index contributed by atoms with van der Waals surface area (Å²) in [5.41, 5.74) is 2.58. The molecule has 1 amide bonds. The fourth-order valence-corrected chi connectivity index (χ4v) is 3.23. The lowest BCUT2D eigenvalue weighted by Gasteiger charge is -2.35. The molecule has 1 unspecified atom stereocenters. The number of amides is 1. The van der Waals surface area contributed by atoms with Gasteiger partial charge in [-0.15, -0.1) is 0 Å². The fraction of sp³-hybridized carbons (Fsp3) is 0.421. The van der Waals surface area contributed by atoms with Crippen LogP contribution in [-0.2, 0) is 0 Å². The van der Waals surface area contributed by atoms with Gasteiger partial charge in [-0.25, -0.2) is 9.97 Å². The number of carbonyl (C=O) groups excluding carboxylic acids is 1. The van der Waals surface area contributed by atoms with Gasteiger partial charge >= 0.3 is 0 Å². The molecule has 1 aromatic heterocycles. The number of likely N-dealkylation sites (tertiary alicyclic amines) is 1. The summed E-state index contributed by atoms with van der Waals surface area (Å²) >= 11 is 0. The van der Waals surface area contributed by atoms with E-state index in [-0.39, 0.29) is 5.91 Å². The van der Waals surface area contributed by atoms with E-state index in [0.717, 1.165) is 37.1 Å². The van der Waals surface area contributed by atoms with Gasteiger partial charge < -0.3 is 10.2 Å². The zero-order valence-electron chi connectivity index (χ0n) is 14.3. The summed E-state index contributed by atoms with van der Waals surface area (Å²) in [5, 5.41) is 3.27. The van der Waals surface area contributed by atoms with Crippen LogP contribution < -0.4 is 5.32 Å². The van der Waals surface area contributed by atoms with Crippen molar-refractivity contribution in [2.75, 3.05) is 11.9 Å². The first kappa shape index (κ1) is 16.4. The molecule has 1 aliphatic heterocycles. The lowest BCUT2D eigenvalue weighted by Crippen LogP contribution is -2.43. The molecule has 1 atom stereocenters. The zero-order valence-corrected chi connectivity index (χ0v) is 14.3. The first-order valence-electron chi connectivity index (χ1n) is 8.64. The molecular formula is C19H24N4O. The van der Waals surface area contributed by atoms with Gasteiger partial charge in [-0.3, -0.25) is 4.79 Å². The van der Waals surface area contributed by atoms with Crippen LogP contribution in [-0.4, -0.2) is 33.4 Å². The fourth-order valence-electron chi connectivity index (χ4n) is 3.23. The molecule has 0 radical (unpaired) electrons. The standard InChI is InChI=1S/C19H24N4O/c1-3-15-9-6-7-11-23(15)19(24)17-12-18(21-13-20-17)22-16-10-5-4-8-14(16)2/h4-5,8,10,12-13,15H,3,6-7,9,11H2,1-2H3,(H,20,21,22). The molecule has 1 fully saturated rings. The SMILES string of the molecule is CCC1CCCCN1C(=O)c1cc(Nc2ccccc2C)ncn1. The van der Waals surface area contributed by atoms with Crippen molar-refractivity contribution < 1.29 is 4.79 Å². The van der Waals surface area contributed by atoms with Crippen LogP contribution in [0.3, 0.4) is 0 Å². The Labute approximate surface area is 143 Å². The molecule has 2 aromatic rings. The smallest absolute Gasteiger partial charge is 0.272 e. The lowest BCUT2D eigenvalue weighted by atomic mass is 9.99. The molecule has 1 aromatic carbocycles. The summed E-state index contributed by atoms with van der Waals surface area (Å²) in [6.45, 7) is 5.00. The Balaban J connectivity index is 1.79. The second kappa shape index (κ2) is 7.43. The zero-order chi connectivity index (χ0) is 16.9. The first-order valence-corrected chi connectivity index (χ1v) is 8.64. The van der Waals surface area contributed by atoms with Gasteiger partial charge in [-0.05, 0) is 44.2 Å². The number of hydrogen-bond acceptors (Lipinski definition) is 4. The molecule has 2 heterocycles. The average molecular weight is 324 g/mol. The largest absolute Gasteiger partial charge is 0.340 e. The van der Waals surface area contributed by atoms with Crippen molar-refractivity contribution in [1.82, 2.24) is 14.9 Å². The molecule has 5 heteroatoms. The molecule has 24 heavy (non-hydrogen) atoms. The predicted octanol–water partition coefficient (Wildman–Crippen LogP) is 3.93. The van der Waals surface area contributed by atoms with Crippen molar-refractivity contribution in [2.45, 2.75) is 45.6 Å². The lowest BCUT2D eigenvalue weighted by molar-refractivity contribution is 0.0602. The number of anilines is 2. The molecule has 126 valence electrons. The second-order valence-corrected chi connectivity index (χ2v) is 6.28. The maximum Gasteiger partial charge on any atom is 0.272 e. The number of para-hydroxylation sites is 1. The molecule has 0 aliphatic carbocycles. The van der Waals surface area contributed by atoms with Gasteiger partial charge in [0, 0.05) is 24.3 Å². The van der Waals surface area contributed by atoms with E-state index in [0.29, 0.717) is 17.6 Å². The van der Waals surface area contributed by atoms with Crippen LogP contribution in [0.2, 0.25) is 0 Å². The minimum Gasteiger partial charge on any atom is -0.340 e. The van der Waals surface area contributed by atoms with Crippen molar-refractivity contribution in [3.8, 4) is 0 Å². The Kier molecular flexibility index (Phi) is 5.08. The maximum atomic E-state index is 12.8. The van der Waals surface area contributed by atoms with E-state index in [1.54, 1.807) is 6.07 Å². The summed E-state index contributed by atoms with van der Waals surface area (Å²) < 4.78 is 0. The Morgan fingerprint density at radius 3 is 2.92 bits per heavy atom. The van der Waals surface area contributed by atoms with Gasteiger partial charge in [0.15, 0.2) is 0 Å². The topological polar surface area (TPSA) is 58.1 Å². The minimum atomic E-state index is 0.0109. The quantitative estimate of drug-likeness (QED) is 0.925. The van der Waals surface area contributed by atoms with E-state index in [9.17, 15) is 4.79 Å². The number of rotatable bonds is 4. The van der Waals surface area contributed by atoms with E-state index < -0.39 is 0 Å². The van der Waals surface area contributed by atoms with Crippen molar-refractivity contribution in [2.24, 2.45) is 0 Å². The number of aryl methyl sites for hydroxylation is 1. The van der Waals surface area contributed by atoms with Gasteiger partial charge in [-0.1, -0.05) is 25.1 Å². The average Bonchev–Trinajstić information content (AvgIpc) is 2.63. The predicted molar refractivity (Wildman–Crippen MR) is 95.5 cm³/mol. The summed E-state index contributed by atoms with van der Waals surface area (Å²) in [5.74, 6) is 0.657. The van der Waals surface area contributed by atoms with Crippen LogP contribution in [0.15, 0.2) is 36.7 Å². The maximum absolute atomic E-state index is 12.8. The number of hydrogen-bond donors (Lipinski definition) is 1. The highest BCUT2D eigenvalue weighted by molar-refractivity contribution is 5.93. The molecule has 0 spiro atoms. The Morgan fingerprint density at radius 1 is 1.29 bits per heavy atom. The highest BCUT2D eigenvalue weighted by atomic mass is 16.2. The van der Waals surface area contributed by atoms with Gasteiger partial charge in [0.2, 0.25) is 0 Å². The van der Waals surface area contributed by atoms with Gasteiger partial charge in [0.05, 0.1) is 0 Å². The van der Waals surface area contributed by atoms with Gasteiger partial charge in [0.1, 0.15) is 17.8 Å². The molecule has 0 bridgehead atoms. The Bertz CT molecular complexity index is 716. The number of nitrogens with one attached hydrogen (secondary N) is 1. The minimum absolute atomic E-state index is 0.0109. The summed E-state index contributed by atoms with van der Waals surface area (Å²) in [6, 6.07) is 10.1. The summed E-state index contributed by atoms with van der Waals surface area (Å²) in [7, 11) is 0. The number of carbonyl (C=O) groups is 1. The van der Waals surface area contributed by atoms with Crippen molar-refractivity contribution >= 4 is 17.4 Å². The molecule has 1 saturated heterocycles. The number of aromatic nitrogens is 2. The van der Waals surface area contributed by atoms with E-state index >= 15 is 0 Å². The van der Waals surface area contributed by atoms with E-state index in [1.807, 2.05) is 36.1 Å². The van der Waals surface area contributed by atoms with Crippen LogP contribution in [0.1, 0.15) is 48.7 Å². The molecule has 0 saturated carbocycles. The third-order valence-corrected chi connectivity index (χ3v) is 4.65. The number of piperidine rings is 1. The molecule has 5 nitrogen and oxygen atoms in total. The van der Waals surface area contributed by atoms with Crippen molar-refractivity contribution in [1.29, 1.82) is 0 Å². The van der Waals surface area contributed by atoms with Crippen LogP contribution in [0.5, 0.6) is 0 Å². The first-order chi connectivity index (χ1) is 11.7. The van der Waals surface area contributed by atoms with E-state index in [1.165, 1.54) is 12.7 Å². The van der Waals surface area contributed by atoms with Crippen LogP contribution >= 0.6 is 0 Å². The van der Waals surface area contributed by atoms with Crippen molar-refractivity contribution in [3.63, 3.8) is 0 Å². The summed E-state index contributed by atoms with van der Waals surface area (Å²) in [6.07, 6.45) is 5.80. The third kappa shape index (κ3) is 3.55. The third-order valence-electron chi connectivity index (χ3n) is 4.65. The van der Waals surface area contributed by atoms with Gasteiger partial charge in [0.25, 0.3) is 5.91 Å². The monoisotopic (exact) mass is 324 g/mol. The van der Waals surface area contributed by atoms with E-state index in [4.69, 9.17) is 0 Å². The number of benzene rings is 1. The van der Waals surface area contributed by atoms with E-state index in [2.05, 4.69) is 22.2 Å².